The summed E-state index contributed by atoms with van der Waals surface area (Å²) in [5, 5.41) is 0. The van der Waals surface area contributed by atoms with Gasteiger partial charge in [0.25, 0.3) is 0 Å². The van der Waals surface area contributed by atoms with Gasteiger partial charge in [-0.3, -0.25) is 4.90 Å². The first kappa shape index (κ1) is 12.3. The van der Waals surface area contributed by atoms with Gasteiger partial charge in [-0.05, 0) is 36.6 Å². The van der Waals surface area contributed by atoms with Crippen LogP contribution in [0.25, 0.3) is 0 Å². The Labute approximate surface area is 94.1 Å². The minimum absolute atomic E-state index is 1.15. The molecular weight excluding hydrogens is 182 g/mol. The fourth-order valence-corrected chi connectivity index (χ4v) is 2.07. The van der Waals surface area contributed by atoms with Gasteiger partial charge in [0, 0.05) is 13.1 Å². The number of hydrogen-bond donors (Lipinski definition) is 0. The van der Waals surface area contributed by atoms with Gasteiger partial charge in [0.05, 0.1) is 0 Å². The minimum atomic E-state index is 1.15. The maximum absolute atomic E-state index is 2.51. The van der Waals surface area contributed by atoms with Crippen molar-refractivity contribution in [3.05, 3.63) is 34.9 Å². The molecule has 1 heteroatoms. The highest BCUT2D eigenvalue weighted by atomic mass is 15.1. The molecule has 0 bridgehead atoms. The fraction of sp³-hybridized carbons (Fsp3) is 0.571. The first-order valence-electron chi connectivity index (χ1n) is 6.11. The van der Waals surface area contributed by atoms with Crippen LogP contribution in [-0.4, -0.2) is 18.0 Å². The predicted octanol–water partition coefficient (Wildman–Crippen LogP) is 3.40. The lowest BCUT2D eigenvalue weighted by Gasteiger charge is -2.28. The molecule has 0 N–H and O–H groups in total. The zero-order valence-corrected chi connectivity index (χ0v) is 10.5. The molecule has 0 spiro atoms. The summed E-state index contributed by atoms with van der Waals surface area (Å²) in [5.41, 5.74) is 4.58. The van der Waals surface area contributed by atoms with Gasteiger partial charge < -0.3 is 0 Å². The Hall–Kier alpha value is -0.820. The standard InChI is InChI=1S/C12H17N.C2H6/c1-3-13-8-7-11-6-4-5-10(2)12(11)9-13;1-2/h4-6H,3,7-9H2,1-2H3;1-2H3. The highest BCUT2D eigenvalue weighted by Crippen LogP contribution is 2.21. The van der Waals surface area contributed by atoms with E-state index in [1.807, 2.05) is 13.8 Å². The lowest BCUT2D eigenvalue weighted by atomic mass is 9.96. The summed E-state index contributed by atoms with van der Waals surface area (Å²) in [7, 11) is 0. The number of likely N-dealkylation sites (N-methyl/N-ethyl adjacent to an activating group) is 1. The molecule has 2 rings (SSSR count). The van der Waals surface area contributed by atoms with Crippen molar-refractivity contribution in [2.24, 2.45) is 0 Å². The third-order valence-electron chi connectivity index (χ3n) is 3.03. The van der Waals surface area contributed by atoms with Crippen LogP contribution in [0.3, 0.4) is 0 Å². The van der Waals surface area contributed by atoms with Gasteiger partial charge in [0.2, 0.25) is 0 Å². The largest absolute Gasteiger partial charge is 0.299 e. The Morgan fingerprint density at radius 1 is 1.27 bits per heavy atom. The molecule has 1 aromatic carbocycles. The van der Waals surface area contributed by atoms with E-state index in [0.29, 0.717) is 0 Å². The van der Waals surface area contributed by atoms with Crippen LogP contribution in [0.2, 0.25) is 0 Å². The number of aryl methyl sites for hydroxylation is 1. The summed E-state index contributed by atoms with van der Waals surface area (Å²) in [5.74, 6) is 0. The molecule has 0 fully saturated rings. The van der Waals surface area contributed by atoms with E-state index in [9.17, 15) is 0 Å². The quantitative estimate of drug-likeness (QED) is 0.679. The van der Waals surface area contributed by atoms with Crippen molar-refractivity contribution < 1.29 is 0 Å². The molecule has 0 saturated carbocycles. The second-order valence-electron chi connectivity index (χ2n) is 3.83. The Balaban J connectivity index is 0.000000531. The highest BCUT2D eigenvalue weighted by molar-refractivity contribution is 5.35. The molecule has 1 aliphatic rings. The third kappa shape index (κ3) is 2.82. The molecule has 0 unspecified atom stereocenters. The van der Waals surface area contributed by atoms with Crippen molar-refractivity contribution in [1.29, 1.82) is 0 Å². The van der Waals surface area contributed by atoms with Gasteiger partial charge in [0.15, 0.2) is 0 Å². The van der Waals surface area contributed by atoms with Crippen molar-refractivity contribution in [1.82, 2.24) is 4.90 Å². The van der Waals surface area contributed by atoms with E-state index in [4.69, 9.17) is 0 Å². The molecule has 0 saturated heterocycles. The lowest BCUT2D eigenvalue weighted by Crippen LogP contribution is -2.30. The van der Waals surface area contributed by atoms with Gasteiger partial charge in [0.1, 0.15) is 0 Å². The van der Waals surface area contributed by atoms with Gasteiger partial charge in [-0.1, -0.05) is 39.0 Å². The van der Waals surface area contributed by atoms with E-state index < -0.39 is 0 Å². The zero-order chi connectivity index (χ0) is 11.3. The molecule has 84 valence electrons. The van der Waals surface area contributed by atoms with Gasteiger partial charge in [-0.15, -0.1) is 0 Å². The summed E-state index contributed by atoms with van der Waals surface area (Å²) < 4.78 is 0. The summed E-state index contributed by atoms with van der Waals surface area (Å²) in [6.45, 7) is 12.0. The van der Waals surface area contributed by atoms with Crippen LogP contribution in [0.1, 0.15) is 37.5 Å². The molecule has 1 nitrogen and oxygen atoms in total. The molecule has 1 heterocycles. The Bertz CT molecular complexity index is 304. The first-order chi connectivity index (χ1) is 7.31. The Morgan fingerprint density at radius 3 is 2.67 bits per heavy atom. The van der Waals surface area contributed by atoms with Crippen LogP contribution in [-0.2, 0) is 13.0 Å². The van der Waals surface area contributed by atoms with Gasteiger partial charge >= 0.3 is 0 Å². The predicted molar refractivity (Wildman–Crippen MR) is 67.2 cm³/mol. The SMILES string of the molecule is CC.CCN1CCc2cccc(C)c2C1. The molecule has 1 aromatic rings. The van der Waals surface area contributed by atoms with Crippen LogP contribution in [0.5, 0.6) is 0 Å². The molecule has 0 atom stereocenters. The maximum Gasteiger partial charge on any atom is 0.0239 e. The number of benzene rings is 1. The molecule has 0 radical (unpaired) electrons. The molecule has 1 aliphatic heterocycles. The second kappa shape index (κ2) is 5.92. The lowest BCUT2D eigenvalue weighted by molar-refractivity contribution is 0.267. The van der Waals surface area contributed by atoms with Crippen molar-refractivity contribution in [3.8, 4) is 0 Å². The minimum Gasteiger partial charge on any atom is -0.299 e. The summed E-state index contributed by atoms with van der Waals surface area (Å²) >= 11 is 0. The smallest absolute Gasteiger partial charge is 0.0239 e. The highest BCUT2D eigenvalue weighted by Gasteiger charge is 2.15. The van der Waals surface area contributed by atoms with E-state index in [1.165, 1.54) is 25.1 Å². The Kier molecular flexibility index (Phi) is 4.83. The molecular formula is C14H23N. The number of rotatable bonds is 1. The summed E-state index contributed by atoms with van der Waals surface area (Å²) in [6.07, 6.45) is 1.23. The normalized spacial score (nSPS) is 15.2. The van der Waals surface area contributed by atoms with Crippen LogP contribution in [0.15, 0.2) is 18.2 Å². The maximum atomic E-state index is 2.51. The van der Waals surface area contributed by atoms with Crippen LogP contribution >= 0.6 is 0 Å². The van der Waals surface area contributed by atoms with Gasteiger partial charge in [-0.25, -0.2) is 0 Å². The average molecular weight is 205 g/mol. The zero-order valence-electron chi connectivity index (χ0n) is 10.5. The number of nitrogens with zero attached hydrogens (tertiary/aromatic N) is 1. The monoisotopic (exact) mass is 205 g/mol. The van der Waals surface area contributed by atoms with Crippen molar-refractivity contribution >= 4 is 0 Å². The summed E-state index contributed by atoms with van der Waals surface area (Å²) in [4.78, 5) is 2.51. The van der Waals surface area contributed by atoms with Crippen molar-refractivity contribution in [3.63, 3.8) is 0 Å². The van der Waals surface area contributed by atoms with Crippen LogP contribution in [0, 0.1) is 6.92 Å². The molecule has 0 amide bonds. The molecule has 0 aliphatic carbocycles. The van der Waals surface area contributed by atoms with E-state index in [2.05, 4.69) is 36.9 Å². The first-order valence-corrected chi connectivity index (χ1v) is 6.11. The topological polar surface area (TPSA) is 3.24 Å². The fourth-order valence-electron chi connectivity index (χ4n) is 2.07. The third-order valence-corrected chi connectivity index (χ3v) is 3.03. The average Bonchev–Trinajstić information content (AvgIpc) is 2.32. The van der Waals surface area contributed by atoms with Crippen molar-refractivity contribution in [2.75, 3.05) is 13.1 Å². The van der Waals surface area contributed by atoms with E-state index >= 15 is 0 Å². The summed E-state index contributed by atoms with van der Waals surface area (Å²) in [6, 6.07) is 6.67. The number of hydrogen-bond acceptors (Lipinski definition) is 1. The molecule has 15 heavy (non-hydrogen) atoms. The van der Waals surface area contributed by atoms with Crippen LogP contribution in [0.4, 0.5) is 0 Å². The number of fused-ring (bicyclic) bond motifs is 1. The van der Waals surface area contributed by atoms with E-state index in [1.54, 1.807) is 11.1 Å². The van der Waals surface area contributed by atoms with Crippen molar-refractivity contribution in [2.45, 2.75) is 40.7 Å². The van der Waals surface area contributed by atoms with E-state index in [-0.39, 0.29) is 0 Å². The van der Waals surface area contributed by atoms with E-state index in [0.717, 1.165) is 6.54 Å². The Morgan fingerprint density at radius 2 is 2.00 bits per heavy atom. The molecule has 0 aromatic heterocycles. The van der Waals surface area contributed by atoms with Crippen LogP contribution < -0.4 is 0 Å². The van der Waals surface area contributed by atoms with Gasteiger partial charge in [-0.2, -0.15) is 0 Å². The second-order valence-corrected chi connectivity index (χ2v) is 3.83.